The van der Waals surface area contributed by atoms with E-state index in [1.807, 2.05) is 13.8 Å². The van der Waals surface area contributed by atoms with Crippen LogP contribution in [0.4, 0.5) is 5.69 Å². The molecule has 0 aliphatic carbocycles. The summed E-state index contributed by atoms with van der Waals surface area (Å²) >= 11 is 2.31. The zero-order chi connectivity index (χ0) is 10.8. The Hall–Kier alpha value is -0.290. The Morgan fingerprint density at radius 2 is 2.07 bits per heavy atom. The fourth-order valence-corrected chi connectivity index (χ4v) is 1.60. The van der Waals surface area contributed by atoms with Crippen LogP contribution in [-0.2, 0) is 0 Å². The maximum absolute atomic E-state index is 5.91. The molecule has 0 heterocycles. The standard InChI is InChI=1S/C11H17IN2/c1-8-4-5-9(12)6-10(8)14-7-11(2,3)13/h4-6,14H,7,13H2,1-3H3. The van der Waals surface area contributed by atoms with E-state index in [1.54, 1.807) is 0 Å². The maximum atomic E-state index is 5.91. The van der Waals surface area contributed by atoms with E-state index in [0.29, 0.717) is 0 Å². The first-order chi connectivity index (χ1) is 6.38. The number of hydrogen-bond donors (Lipinski definition) is 2. The van der Waals surface area contributed by atoms with Crippen LogP contribution in [0, 0.1) is 10.5 Å². The molecule has 0 fully saturated rings. The van der Waals surface area contributed by atoms with Crippen molar-refractivity contribution in [3.63, 3.8) is 0 Å². The fourth-order valence-electron chi connectivity index (χ4n) is 1.11. The summed E-state index contributed by atoms with van der Waals surface area (Å²) in [7, 11) is 0. The minimum atomic E-state index is -0.173. The molecule has 0 atom stereocenters. The third-order valence-electron chi connectivity index (χ3n) is 1.93. The zero-order valence-corrected chi connectivity index (χ0v) is 11.1. The van der Waals surface area contributed by atoms with Gasteiger partial charge in [0.05, 0.1) is 0 Å². The van der Waals surface area contributed by atoms with E-state index >= 15 is 0 Å². The molecule has 1 rings (SSSR count). The topological polar surface area (TPSA) is 38.0 Å². The van der Waals surface area contributed by atoms with E-state index in [-0.39, 0.29) is 5.54 Å². The molecular formula is C11H17IN2. The average Bonchev–Trinajstić information content (AvgIpc) is 2.05. The normalized spacial score (nSPS) is 11.5. The van der Waals surface area contributed by atoms with Crippen molar-refractivity contribution < 1.29 is 0 Å². The molecule has 0 spiro atoms. The van der Waals surface area contributed by atoms with Crippen LogP contribution in [0.5, 0.6) is 0 Å². The molecule has 0 saturated heterocycles. The van der Waals surface area contributed by atoms with Gasteiger partial charge in [0.1, 0.15) is 0 Å². The smallest absolute Gasteiger partial charge is 0.0381 e. The van der Waals surface area contributed by atoms with Crippen LogP contribution in [0.1, 0.15) is 19.4 Å². The second kappa shape index (κ2) is 4.49. The summed E-state index contributed by atoms with van der Waals surface area (Å²) < 4.78 is 1.24. The molecule has 3 N–H and O–H groups in total. The molecule has 3 heteroatoms. The van der Waals surface area contributed by atoms with E-state index < -0.39 is 0 Å². The molecule has 2 nitrogen and oxygen atoms in total. The molecule has 0 aliphatic heterocycles. The lowest BCUT2D eigenvalue weighted by molar-refractivity contribution is 0.549. The van der Waals surface area contributed by atoms with Crippen molar-refractivity contribution >= 4 is 28.3 Å². The van der Waals surface area contributed by atoms with E-state index in [1.165, 1.54) is 14.8 Å². The molecule has 0 aliphatic rings. The quantitative estimate of drug-likeness (QED) is 0.843. The van der Waals surface area contributed by atoms with Crippen LogP contribution in [0.15, 0.2) is 18.2 Å². The van der Waals surface area contributed by atoms with Crippen LogP contribution < -0.4 is 11.1 Å². The van der Waals surface area contributed by atoms with Crippen molar-refractivity contribution in [2.45, 2.75) is 26.3 Å². The van der Waals surface area contributed by atoms with Gasteiger partial charge in [-0.05, 0) is 61.1 Å². The van der Waals surface area contributed by atoms with Gasteiger partial charge in [0.15, 0.2) is 0 Å². The van der Waals surface area contributed by atoms with Gasteiger partial charge in [-0.3, -0.25) is 0 Å². The van der Waals surface area contributed by atoms with E-state index in [0.717, 1.165) is 6.54 Å². The molecule has 0 aromatic heterocycles. The van der Waals surface area contributed by atoms with Crippen molar-refractivity contribution in [3.05, 3.63) is 27.3 Å². The van der Waals surface area contributed by atoms with Crippen LogP contribution >= 0.6 is 22.6 Å². The van der Waals surface area contributed by atoms with Crippen molar-refractivity contribution in [1.29, 1.82) is 0 Å². The zero-order valence-electron chi connectivity index (χ0n) is 8.89. The monoisotopic (exact) mass is 304 g/mol. The van der Waals surface area contributed by atoms with Gasteiger partial charge in [-0.15, -0.1) is 0 Å². The average molecular weight is 304 g/mol. The Morgan fingerprint density at radius 1 is 1.43 bits per heavy atom. The van der Waals surface area contributed by atoms with Gasteiger partial charge in [0, 0.05) is 21.3 Å². The first kappa shape index (κ1) is 11.8. The first-order valence-electron chi connectivity index (χ1n) is 4.67. The maximum Gasteiger partial charge on any atom is 0.0381 e. The van der Waals surface area contributed by atoms with E-state index in [4.69, 9.17) is 5.73 Å². The molecule has 0 amide bonds. The third-order valence-corrected chi connectivity index (χ3v) is 2.61. The number of rotatable bonds is 3. The summed E-state index contributed by atoms with van der Waals surface area (Å²) in [5.74, 6) is 0. The number of benzene rings is 1. The van der Waals surface area contributed by atoms with Crippen molar-refractivity contribution in [2.75, 3.05) is 11.9 Å². The molecule has 14 heavy (non-hydrogen) atoms. The Kier molecular flexibility index (Phi) is 3.78. The lowest BCUT2D eigenvalue weighted by Gasteiger charge is -2.20. The molecule has 1 aromatic carbocycles. The van der Waals surface area contributed by atoms with Crippen molar-refractivity contribution in [2.24, 2.45) is 5.73 Å². The van der Waals surface area contributed by atoms with Gasteiger partial charge < -0.3 is 11.1 Å². The van der Waals surface area contributed by atoms with Gasteiger partial charge in [-0.2, -0.15) is 0 Å². The summed E-state index contributed by atoms with van der Waals surface area (Å²) in [4.78, 5) is 0. The Balaban J connectivity index is 2.72. The molecular weight excluding hydrogens is 287 g/mol. The lowest BCUT2D eigenvalue weighted by Crippen LogP contribution is -2.39. The highest BCUT2D eigenvalue weighted by Gasteiger charge is 2.10. The van der Waals surface area contributed by atoms with Crippen LogP contribution in [-0.4, -0.2) is 12.1 Å². The minimum Gasteiger partial charge on any atom is -0.383 e. The Bertz CT molecular complexity index is 316. The summed E-state index contributed by atoms with van der Waals surface area (Å²) in [5.41, 5.74) is 8.17. The molecule has 0 radical (unpaired) electrons. The number of hydrogen-bond acceptors (Lipinski definition) is 2. The highest BCUT2D eigenvalue weighted by Crippen LogP contribution is 2.18. The number of halogens is 1. The predicted molar refractivity (Wildman–Crippen MR) is 70.7 cm³/mol. The van der Waals surface area contributed by atoms with Crippen LogP contribution in [0.3, 0.4) is 0 Å². The summed E-state index contributed by atoms with van der Waals surface area (Å²) in [5, 5.41) is 3.36. The van der Waals surface area contributed by atoms with Crippen molar-refractivity contribution in [3.8, 4) is 0 Å². The summed E-state index contributed by atoms with van der Waals surface area (Å²) in [6.07, 6.45) is 0. The molecule has 1 aromatic rings. The van der Waals surface area contributed by atoms with Crippen LogP contribution in [0.25, 0.3) is 0 Å². The van der Waals surface area contributed by atoms with Gasteiger partial charge in [-0.1, -0.05) is 6.07 Å². The second-order valence-corrected chi connectivity index (χ2v) is 5.55. The van der Waals surface area contributed by atoms with E-state index in [9.17, 15) is 0 Å². The van der Waals surface area contributed by atoms with Gasteiger partial charge >= 0.3 is 0 Å². The molecule has 78 valence electrons. The second-order valence-electron chi connectivity index (χ2n) is 4.30. The first-order valence-corrected chi connectivity index (χ1v) is 5.75. The molecule has 0 bridgehead atoms. The predicted octanol–water partition coefficient (Wildman–Crippen LogP) is 2.75. The van der Waals surface area contributed by atoms with Gasteiger partial charge in [0.25, 0.3) is 0 Å². The Morgan fingerprint density at radius 3 is 2.64 bits per heavy atom. The van der Waals surface area contributed by atoms with Gasteiger partial charge in [0.2, 0.25) is 0 Å². The highest BCUT2D eigenvalue weighted by molar-refractivity contribution is 14.1. The Labute approximate surface area is 99.4 Å². The molecule has 0 saturated carbocycles. The van der Waals surface area contributed by atoms with E-state index in [2.05, 4.69) is 53.0 Å². The number of anilines is 1. The van der Waals surface area contributed by atoms with Crippen LogP contribution in [0.2, 0.25) is 0 Å². The summed E-state index contributed by atoms with van der Waals surface area (Å²) in [6.45, 7) is 6.92. The third kappa shape index (κ3) is 3.84. The SMILES string of the molecule is Cc1ccc(I)cc1NCC(C)(C)N. The van der Waals surface area contributed by atoms with Crippen molar-refractivity contribution in [1.82, 2.24) is 0 Å². The van der Waals surface area contributed by atoms with Gasteiger partial charge in [-0.25, -0.2) is 0 Å². The lowest BCUT2D eigenvalue weighted by atomic mass is 10.1. The number of nitrogens with two attached hydrogens (primary N) is 1. The highest BCUT2D eigenvalue weighted by atomic mass is 127. The number of nitrogens with one attached hydrogen (secondary N) is 1. The fraction of sp³-hybridized carbons (Fsp3) is 0.455. The summed E-state index contributed by atoms with van der Waals surface area (Å²) in [6, 6.07) is 6.36. The largest absolute Gasteiger partial charge is 0.383 e. The minimum absolute atomic E-state index is 0.173. The molecule has 0 unspecified atom stereocenters. The number of aryl methyl sites for hydroxylation is 1.